The van der Waals surface area contributed by atoms with Gasteiger partial charge in [-0.25, -0.2) is 0 Å². The van der Waals surface area contributed by atoms with Crippen molar-refractivity contribution in [2.45, 2.75) is 25.4 Å². The first kappa shape index (κ1) is 18.0. The molecule has 29 heavy (non-hydrogen) atoms. The Morgan fingerprint density at radius 1 is 1.00 bits per heavy atom. The topological polar surface area (TPSA) is 75.4 Å². The quantitative estimate of drug-likeness (QED) is 0.683. The predicted octanol–water partition coefficient (Wildman–Crippen LogP) is 2.87. The summed E-state index contributed by atoms with van der Waals surface area (Å²) in [6, 6.07) is 15.6. The zero-order valence-electron chi connectivity index (χ0n) is 16.1. The van der Waals surface area contributed by atoms with Crippen molar-refractivity contribution >= 4 is 5.91 Å². The Balaban J connectivity index is 1.30. The van der Waals surface area contributed by atoms with Gasteiger partial charge in [-0.05, 0) is 43.0 Å². The molecule has 0 unspecified atom stereocenters. The number of pyridine rings is 1. The van der Waals surface area contributed by atoms with E-state index >= 15 is 0 Å². The number of fused-ring (bicyclic) bond motifs is 4. The van der Waals surface area contributed by atoms with Crippen LogP contribution in [-0.2, 0) is 6.54 Å². The number of amides is 1. The first-order chi connectivity index (χ1) is 14.3. The van der Waals surface area contributed by atoms with Crippen molar-refractivity contribution in [2.24, 2.45) is 5.92 Å². The minimum absolute atomic E-state index is 0.0218. The Morgan fingerprint density at radius 3 is 2.69 bits per heavy atom. The molecule has 0 spiro atoms. The maximum atomic E-state index is 12.9. The fourth-order valence-electron chi connectivity index (χ4n) is 4.38. The van der Waals surface area contributed by atoms with Crippen molar-refractivity contribution in [3.63, 3.8) is 0 Å². The van der Waals surface area contributed by atoms with Gasteiger partial charge in [0.25, 0.3) is 5.91 Å². The molecule has 0 saturated carbocycles. The highest BCUT2D eigenvalue weighted by Crippen LogP contribution is 2.30. The van der Waals surface area contributed by atoms with Crippen LogP contribution in [0, 0.1) is 5.92 Å². The average molecular weight is 389 g/mol. The molecule has 3 fully saturated rings. The largest absolute Gasteiger partial charge is 0.419 e. The van der Waals surface area contributed by atoms with Crippen molar-refractivity contribution in [2.75, 3.05) is 19.6 Å². The Labute approximate surface area is 169 Å². The first-order valence-electron chi connectivity index (χ1n) is 10.1. The Bertz CT molecular complexity index is 975. The molecular formula is C22H23N5O2. The standard InChI is InChI=1S/C22H23N5O2/c28-22(19-8-4-5-11-23-19)27-13-16-9-10-18(14-27)26(12-16)15-20-24-25-21(29-20)17-6-2-1-3-7-17/h1-8,11,16,18H,9-10,12-15H2/t16-,18-/m1/s1. The number of carbonyl (C=O) groups excluding carboxylic acids is 1. The SMILES string of the molecule is O=C(c1ccccn1)N1C[C@@H]2CC[C@H](C1)N(Cc1nnc(-c3ccccc3)o1)C2. The van der Waals surface area contributed by atoms with Crippen LogP contribution in [0.15, 0.2) is 59.1 Å². The lowest BCUT2D eigenvalue weighted by Gasteiger charge is -2.34. The molecule has 2 atom stereocenters. The van der Waals surface area contributed by atoms with Gasteiger partial charge < -0.3 is 9.32 Å². The molecule has 3 saturated heterocycles. The van der Waals surface area contributed by atoms with Crippen LogP contribution in [-0.4, -0.2) is 56.6 Å². The molecule has 1 aromatic carbocycles. The monoisotopic (exact) mass is 389 g/mol. The van der Waals surface area contributed by atoms with Crippen molar-refractivity contribution in [3.05, 3.63) is 66.3 Å². The van der Waals surface area contributed by atoms with Crippen LogP contribution in [0.2, 0.25) is 0 Å². The van der Waals surface area contributed by atoms with Gasteiger partial charge in [0.15, 0.2) is 0 Å². The van der Waals surface area contributed by atoms with Gasteiger partial charge >= 0.3 is 0 Å². The summed E-state index contributed by atoms with van der Waals surface area (Å²) in [7, 11) is 0. The second-order valence-corrected chi connectivity index (χ2v) is 7.82. The second-order valence-electron chi connectivity index (χ2n) is 7.82. The number of benzene rings is 1. The van der Waals surface area contributed by atoms with E-state index in [-0.39, 0.29) is 5.91 Å². The van der Waals surface area contributed by atoms with Gasteiger partial charge in [-0.2, -0.15) is 0 Å². The summed E-state index contributed by atoms with van der Waals surface area (Å²) >= 11 is 0. The summed E-state index contributed by atoms with van der Waals surface area (Å²) in [5, 5.41) is 8.46. The molecule has 7 nitrogen and oxygen atoms in total. The van der Waals surface area contributed by atoms with E-state index in [2.05, 4.69) is 20.1 Å². The van der Waals surface area contributed by atoms with Crippen LogP contribution >= 0.6 is 0 Å². The summed E-state index contributed by atoms with van der Waals surface area (Å²) < 4.78 is 5.91. The molecule has 5 heterocycles. The lowest BCUT2D eigenvalue weighted by molar-refractivity contribution is 0.0727. The van der Waals surface area contributed by atoms with E-state index in [1.54, 1.807) is 12.3 Å². The highest BCUT2D eigenvalue weighted by Gasteiger charge is 2.37. The van der Waals surface area contributed by atoms with Gasteiger partial charge in [-0.15, -0.1) is 10.2 Å². The molecule has 3 aliphatic rings. The molecule has 0 N–H and O–H groups in total. The lowest BCUT2D eigenvalue weighted by Crippen LogP contribution is -2.44. The van der Waals surface area contributed by atoms with Crippen LogP contribution < -0.4 is 0 Å². The third kappa shape index (κ3) is 3.78. The molecular weight excluding hydrogens is 366 g/mol. The average Bonchev–Trinajstić information content (AvgIpc) is 3.05. The molecule has 3 aromatic rings. The number of hydrogen-bond donors (Lipinski definition) is 0. The third-order valence-corrected chi connectivity index (χ3v) is 5.82. The molecule has 148 valence electrons. The summed E-state index contributed by atoms with van der Waals surface area (Å²) in [6.07, 6.45) is 3.90. The first-order valence-corrected chi connectivity index (χ1v) is 10.1. The van der Waals surface area contributed by atoms with E-state index in [1.165, 1.54) is 0 Å². The zero-order valence-corrected chi connectivity index (χ0v) is 16.1. The van der Waals surface area contributed by atoms with Crippen molar-refractivity contribution < 1.29 is 9.21 Å². The molecule has 0 radical (unpaired) electrons. The van der Waals surface area contributed by atoms with Gasteiger partial charge in [-0.3, -0.25) is 14.7 Å². The van der Waals surface area contributed by atoms with Crippen LogP contribution in [0.4, 0.5) is 0 Å². The minimum atomic E-state index is 0.0218. The number of carbonyl (C=O) groups is 1. The Morgan fingerprint density at radius 2 is 1.86 bits per heavy atom. The summed E-state index contributed by atoms with van der Waals surface area (Å²) in [4.78, 5) is 21.5. The van der Waals surface area contributed by atoms with Crippen LogP contribution in [0.3, 0.4) is 0 Å². The van der Waals surface area contributed by atoms with E-state index in [1.807, 2.05) is 47.4 Å². The molecule has 0 aliphatic carbocycles. The van der Waals surface area contributed by atoms with Gasteiger partial charge in [0.2, 0.25) is 11.8 Å². The van der Waals surface area contributed by atoms with E-state index < -0.39 is 0 Å². The van der Waals surface area contributed by atoms with Crippen molar-refractivity contribution in [1.82, 2.24) is 25.0 Å². The summed E-state index contributed by atoms with van der Waals surface area (Å²) in [5.41, 5.74) is 1.44. The lowest BCUT2D eigenvalue weighted by atomic mass is 9.95. The van der Waals surface area contributed by atoms with Gasteiger partial charge in [0, 0.05) is 37.4 Å². The molecule has 6 rings (SSSR count). The Kier molecular flexibility index (Phi) is 4.81. The molecule has 3 aliphatic heterocycles. The maximum absolute atomic E-state index is 12.9. The maximum Gasteiger partial charge on any atom is 0.272 e. The fourth-order valence-corrected chi connectivity index (χ4v) is 4.38. The van der Waals surface area contributed by atoms with Crippen LogP contribution in [0.5, 0.6) is 0 Å². The summed E-state index contributed by atoms with van der Waals surface area (Å²) in [5.74, 6) is 1.65. The third-order valence-electron chi connectivity index (χ3n) is 5.82. The number of nitrogens with zero attached hydrogens (tertiary/aromatic N) is 5. The molecule has 1 amide bonds. The molecule has 2 bridgehead atoms. The number of hydrogen-bond acceptors (Lipinski definition) is 6. The van der Waals surface area contributed by atoms with Crippen LogP contribution in [0.25, 0.3) is 11.5 Å². The summed E-state index contributed by atoms with van der Waals surface area (Å²) in [6.45, 7) is 3.05. The number of rotatable bonds is 4. The van der Waals surface area contributed by atoms with E-state index in [9.17, 15) is 4.79 Å². The highest BCUT2D eigenvalue weighted by atomic mass is 16.4. The minimum Gasteiger partial charge on any atom is -0.419 e. The van der Waals surface area contributed by atoms with Gasteiger partial charge in [-0.1, -0.05) is 24.3 Å². The van der Waals surface area contributed by atoms with Gasteiger partial charge in [0.05, 0.1) is 6.54 Å². The number of piperidine rings is 1. The number of aromatic nitrogens is 3. The zero-order chi connectivity index (χ0) is 19.6. The predicted molar refractivity (Wildman–Crippen MR) is 107 cm³/mol. The van der Waals surface area contributed by atoms with Gasteiger partial charge in [0.1, 0.15) is 5.69 Å². The van der Waals surface area contributed by atoms with Crippen molar-refractivity contribution in [3.8, 4) is 11.5 Å². The highest BCUT2D eigenvalue weighted by molar-refractivity contribution is 5.92. The fraction of sp³-hybridized carbons (Fsp3) is 0.364. The van der Waals surface area contributed by atoms with Crippen molar-refractivity contribution in [1.29, 1.82) is 0 Å². The second kappa shape index (κ2) is 7.75. The van der Waals surface area contributed by atoms with E-state index in [0.717, 1.165) is 31.5 Å². The van der Waals surface area contributed by atoms with E-state index in [4.69, 9.17) is 4.42 Å². The van der Waals surface area contributed by atoms with E-state index in [0.29, 0.717) is 42.5 Å². The smallest absolute Gasteiger partial charge is 0.272 e. The molecule has 7 heteroatoms. The Hall–Kier alpha value is -3.06. The molecule has 2 aromatic heterocycles. The normalized spacial score (nSPS) is 21.9. The van der Waals surface area contributed by atoms with Crippen LogP contribution in [0.1, 0.15) is 29.2 Å².